The number of amides is 1. The van der Waals surface area contributed by atoms with Gasteiger partial charge in [-0.15, -0.1) is 0 Å². The number of rotatable bonds is 7. The Kier molecular flexibility index (Phi) is 3.90. The van der Waals surface area contributed by atoms with Crippen LogP contribution in [0.5, 0.6) is 0 Å². The molecule has 0 saturated heterocycles. The lowest BCUT2D eigenvalue weighted by Gasteiger charge is -2.16. The van der Waals surface area contributed by atoms with Gasteiger partial charge < -0.3 is 10.6 Å². The molecule has 2 aliphatic rings. The lowest BCUT2D eigenvalue weighted by atomic mass is 9.98. The quantitative estimate of drug-likeness (QED) is 0.803. The highest BCUT2D eigenvalue weighted by Crippen LogP contribution is 2.48. The first-order chi connectivity index (χ1) is 9.78. The van der Waals surface area contributed by atoms with Crippen molar-refractivity contribution >= 4 is 11.7 Å². The van der Waals surface area contributed by atoms with Crippen LogP contribution in [-0.4, -0.2) is 24.0 Å². The average Bonchev–Trinajstić information content (AvgIpc) is 3.33. The van der Waals surface area contributed by atoms with Crippen molar-refractivity contribution in [3.63, 3.8) is 0 Å². The van der Waals surface area contributed by atoms with Gasteiger partial charge in [-0.2, -0.15) is 0 Å². The van der Waals surface area contributed by atoms with Crippen LogP contribution in [0.2, 0.25) is 0 Å². The SMILES string of the molecule is CCNc1cccc(C(=O)NCC(C2CC2)C2CC2)n1. The first-order valence-corrected chi connectivity index (χ1v) is 7.77. The highest BCUT2D eigenvalue weighted by atomic mass is 16.1. The monoisotopic (exact) mass is 273 g/mol. The molecule has 108 valence electrons. The van der Waals surface area contributed by atoms with E-state index in [2.05, 4.69) is 15.6 Å². The molecule has 3 rings (SSSR count). The van der Waals surface area contributed by atoms with Gasteiger partial charge in [0, 0.05) is 13.1 Å². The Bertz CT molecular complexity index is 468. The third kappa shape index (κ3) is 3.30. The van der Waals surface area contributed by atoms with Crippen LogP contribution in [-0.2, 0) is 0 Å². The Morgan fingerprint density at radius 3 is 2.60 bits per heavy atom. The molecule has 0 aliphatic heterocycles. The van der Waals surface area contributed by atoms with Gasteiger partial charge in [0.15, 0.2) is 0 Å². The molecular weight excluding hydrogens is 250 g/mol. The Morgan fingerprint density at radius 2 is 2.00 bits per heavy atom. The first kappa shape index (κ1) is 13.4. The smallest absolute Gasteiger partial charge is 0.269 e. The zero-order valence-electron chi connectivity index (χ0n) is 12.1. The predicted molar refractivity (Wildman–Crippen MR) is 79.7 cm³/mol. The molecule has 0 bridgehead atoms. The van der Waals surface area contributed by atoms with Crippen molar-refractivity contribution in [2.24, 2.45) is 17.8 Å². The molecule has 20 heavy (non-hydrogen) atoms. The first-order valence-electron chi connectivity index (χ1n) is 7.77. The van der Waals surface area contributed by atoms with Crippen LogP contribution in [0, 0.1) is 17.8 Å². The minimum atomic E-state index is -0.0453. The third-order valence-corrected chi connectivity index (χ3v) is 4.29. The molecule has 1 heterocycles. The number of aromatic nitrogens is 1. The van der Waals surface area contributed by atoms with Crippen molar-refractivity contribution in [1.82, 2.24) is 10.3 Å². The number of carbonyl (C=O) groups is 1. The van der Waals surface area contributed by atoms with Gasteiger partial charge in [0.05, 0.1) is 0 Å². The number of nitrogens with one attached hydrogen (secondary N) is 2. The maximum Gasteiger partial charge on any atom is 0.269 e. The van der Waals surface area contributed by atoms with Gasteiger partial charge in [-0.05, 0) is 62.5 Å². The second-order valence-corrected chi connectivity index (χ2v) is 5.99. The summed E-state index contributed by atoms with van der Waals surface area (Å²) in [6, 6.07) is 5.54. The van der Waals surface area contributed by atoms with E-state index in [0.29, 0.717) is 11.6 Å². The van der Waals surface area contributed by atoms with Crippen LogP contribution in [0.1, 0.15) is 43.1 Å². The van der Waals surface area contributed by atoms with E-state index in [0.717, 1.165) is 30.7 Å². The lowest BCUT2D eigenvalue weighted by molar-refractivity contribution is 0.0938. The van der Waals surface area contributed by atoms with Gasteiger partial charge in [0.25, 0.3) is 5.91 Å². The zero-order valence-corrected chi connectivity index (χ0v) is 12.1. The molecule has 2 aliphatic carbocycles. The minimum absolute atomic E-state index is 0.0453. The van der Waals surface area contributed by atoms with Gasteiger partial charge in [-0.1, -0.05) is 6.07 Å². The number of pyridine rings is 1. The summed E-state index contributed by atoms with van der Waals surface area (Å²) in [5.74, 6) is 3.15. The number of nitrogens with zero attached hydrogens (tertiary/aromatic N) is 1. The Balaban J connectivity index is 1.56. The molecule has 4 nitrogen and oxygen atoms in total. The molecule has 0 aromatic carbocycles. The highest BCUT2D eigenvalue weighted by Gasteiger charge is 2.41. The largest absolute Gasteiger partial charge is 0.370 e. The summed E-state index contributed by atoms with van der Waals surface area (Å²) < 4.78 is 0. The molecular formula is C16H23N3O. The van der Waals surface area contributed by atoms with Crippen LogP contribution >= 0.6 is 0 Å². The number of hydrogen-bond acceptors (Lipinski definition) is 3. The average molecular weight is 273 g/mol. The van der Waals surface area contributed by atoms with Crippen molar-refractivity contribution in [3.05, 3.63) is 23.9 Å². The van der Waals surface area contributed by atoms with E-state index < -0.39 is 0 Å². The lowest BCUT2D eigenvalue weighted by Crippen LogP contribution is -2.31. The molecule has 2 N–H and O–H groups in total. The highest BCUT2D eigenvalue weighted by molar-refractivity contribution is 5.92. The van der Waals surface area contributed by atoms with Crippen LogP contribution in [0.25, 0.3) is 0 Å². The van der Waals surface area contributed by atoms with E-state index in [1.807, 2.05) is 19.1 Å². The summed E-state index contributed by atoms with van der Waals surface area (Å²) in [7, 11) is 0. The fraction of sp³-hybridized carbons (Fsp3) is 0.625. The van der Waals surface area contributed by atoms with Crippen molar-refractivity contribution in [1.29, 1.82) is 0 Å². The molecule has 2 fully saturated rings. The van der Waals surface area contributed by atoms with E-state index in [9.17, 15) is 4.79 Å². The zero-order chi connectivity index (χ0) is 13.9. The third-order valence-electron chi connectivity index (χ3n) is 4.29. The minimum Gasteiger partial charge on any atom is -0.370 e. The molecule has 0 spiro atoms. The Morgan fingerprint density at radius 1 is 1.30 bits per heavy atom. The van der Waals surface area contributed by atoms with Crippen molar-refractivity contribution in [2.75, 3.05) is 18.4 Å². The van der Waals surface area contributed by atoms with E-state index in [1.54, 1.807) is 6.07 Å². The van der Waals surface area contributed by atoms with E-state index in [4.69, 9.17) is 0 Å². The maximum atomic E-state index is 12.2. The molecule has 1 aromatic heterocycles. The summed E-state index contributed by atoms with van der Waals surface area (Å²) in [6.45, 7) is 3.65. The fourth-order valence-electron chi connectivity index (χ4n) is 2.91. The fourth-order valence-corrected chi connectivity index (χ4v) is 2.91. The maximum absolute atomic E-state index is 12.2. The summed E-state index contributed by atoms with van der Waals surface area (Å²) in [4.78, 5) is 16.5. The van der Waals surface area contributed by atoms with E-state index in [1.165, 1.54) is 25.7 Å². The normalized spacial score (nSPS) is 18.1. The molecule has 1 amide bonds. The molecule has 1 aromatic rings. The summed E-state index contributed by atoms with van der Waals surface area (Å²) in [5, 5.41) is 6.21. The van der Waals surface area contributed by atoms with E-state index >= 15 is 0 Å². The van der Waals surface area contributed by atoms with E-state index in [-0.39, 0.29) is 5.91 Å². The Labute approximate surface area is 120 Å². The van der Waals surface area contributed by atoms with Crippen LogP contribution in [0.4, 0.5) is 5.82 Å². The topological polar surface area (TPSA) is 54.0 Å². The van der Waals surface area contributed by atoms with Crippen molar-refractivity contribution in [2.45, 2.75) is 32.6 Å². The van der Waals surface area contributed by atoms with Crippen LogP contribution in [0.3, 0.4) is 0 Å². The summed E-state index contributed by atoms with van der Waals surface area (Å²) in [5.41, 5.74) is 0.508. The van der Waals surface area contributed by atoms with Crippen molar-refractivity contribution < 1.29 is 4.79 Å². The summed E-state index contributed by atoms with van der Waals surface area (Å²) in [6.07, 6.45) is 5.41. The molecule has 0 atom stereocenters. The van der Waals surface area contributed by atoms with Crippen LogP contribution in [0.15, 0.2) is 18.2 Å². The van der Waals surface area contributed by atoms with Gasteiger partial charge in [0.2, 0.25) is 0 Å². The second-order valence-electron chi connectivity index (χ2n) is 5.99. The van der Waals surface area contributed by atoms with Gasteiger partial charge in [-0.3, -0.25) is 4.79 Å². The van der Waals surface area contributed by atoms with Gasteiger partial charge in [-0.25, -0.2) is 4.98 Å². The van der Waals surface area contributed by atoms with Crippen molar-refractivity contribution in [3.8, 4) is 0 Å². The van der Waals surface area contributed by atoms with Gasteiger partial charge >= 0.3 is 0 Å². The standard InChI is InChI=1S/C16H23N3O/c1-2-17-15-5-3-4-14(19-15)16(20)18-10-13(11-6-7-11)12-8-9-12/h3-5,11-13H,2,6-10H2,1H3,(H,17,19)(H,18,20). The summed E-state index contributed by atoms with van der Waals surface area (Å²) >= 11 is 0. The molecule has 2 saturated carbocycles. The number of hydrogen-bond donors (Lipinski definition) is 2. The molecule has 0 unspecified atom stereocenters. The number of carbonyl (C=O) groups excluding carboxylic acids is 1. The second kappa shape index (κ2) is 5.81. The number of anilines is 1. The van der Waals surface area contributed by atoms with Gasteiger partial charge in [0.1, 0.15) is 11.5 Å². The van der Waals surface area contributed by atoms with Crippen LogP contribution < -0.4 is 10.6 Å². The Hall–Kier alpha value is -1.58. The molecule has 0 radical (unpaired) electrons. The molecule has 4 heteroatoms. The predicted octanol–water partition coefficient (Wildman–Crippen LogP) is 2.68.